The molecule has 4 heteroatoms. The average Bonchev–Trinajstić information content (AvgIpc) is 2.84. The molecule has 2 unspecified atom stereocenters. The van der Waals surface area contributed by atoms with Gasteiger partial charge in [-0.1, -0.05) is 6.92 Å². The first-order valence-corrected chi connectivity index (χ1v) is 7.39. The lowest BCUT2D eigenvalue weighted by Crippen LogP contribution is -2.51. The third-order valence-corrected chi connectivity index (χ3v) is 4.55. The van der Waals surface area contributed by atoms with E-state index in [1.54, 1.807) is 0 Å². The van der Waals surface area contributed by atoms with Gasteiger partial charge in [-0.15, -0.1) is 0 Å². The van der Waals surface area contributed by atoms with E-state index in [0.717, 1.165) is 39.0 Å². The van der Waals surface area contributed by atoms with Crippen molar-refractivity contribution >= 4 is 5.91 Å². The van der Waals surface area contributed by atoms with E-state index in [-0.39, 0.29) is 11.3 Å². The summed E-state index contributed by atoms with van der Waals surface area (Å²) in [6, 6.07) is 0.555. The monoisotopic (exact) mass is 253 g/mol. The molecule has 0 aromatic heterocycles. The number of hydrogen-bond acceptors (Lipinski definition) is 3. The zero-order valence-corrected chi connectivity index (χ0v) is 11.8. The lowest BCUT2D eigenvalue weighted by atomic mass is 9.82. The van der Waals surface area contributed by atoms with E-state index >= 15 is 0 Å². The number of likely N-dealkylation sites (N-methyl/N-ethyl adjacent to an activating group) is 1. The van der Waals surface area contributed by atoms with Gasteiger partial charge in [0.1, 0.15) is 0 Å². The van der Waals surface area contributed by atoms with Crippen LogP contribution in [-0.4, -0.2) is 49.6 Å². The molecule has 0 bridgehead atoms. The molecule has 2 rings (SSSR count). The number of piperidine rings is 1. The highest BCUT2D eigenvalue weighted by Crippen LogP contribution is 2.25. The van der Waals surface area contributed by atoms with Gasteiger partial charge in [-0.05, 0) is 52.2 Å². The summed E-state index contributed by atoms with van der Waals surface area (Å²) >= 11 is 0. The van der Waals surface area contributed by atoms with Crippen LogP contribution in [0.15, 0.2) is 0 Å². The maximum absolute atomic E-state index is 12.3. The van der Waals surface area contributed by atoms with Crippen molar-refractivity contribution in [3.8, 4) is 0 Å². The molecule has 2 atom stereocenters. The van der Waals surface area contributed by atoms with Gasteiger partial charge in [0.25, 0.3) is 0 Å². The Balaban J connectivity index is 1.80. The van der Waals surface area contributed by atoms with Crippen LogP contribution in [0.3, 0.4) is 0 Å². The van der Waals surface area contributed by atoms with E-state index in [1.807, 2.05) is 0 Å². The molecule has 2 aliphatic heterocycles. The Labute approximate surface area is 110 Å². The summed E-state index contributed by atoms with van der Waals surface area (Å²) < 4.78 is 0. The molecule has 2 N–H and O–H groups in total. The van der Waals surface area contributed by atoms with E-state index in [4.69, 9.17) is 0 Å². The van der Waals surface area contributed by atoms with E-state index in [0.29, 0.717) is 6.04 Å². The highest BCUT2D eigenvalue weighted by molar-refractivity contribution is 5.82. The Morgan fingerprint density at radius 2 is 2.33 bits per heavy atom. The molecule has 2 fully saturated rings. The van der Waals surface area contributed by atoms with Gasteiger partial charge in [-0.25, -0.2) is 0 Å². The summed E-state index contributed by atoms with van der Waals surface area (Å²) in [7, 11) is 0. The first-order valence-electron chi connectivity index (χ1n) is 7.39. The Bertz CT molecular complexity index is 287. The Morgan fingerprint density at radius 1 is 1.50 bits per heavy atom. The second-order valence-electron chi connectivity index (χ2n) is 5.98. The quantitative estimate of drug-likeness (QED) is 0.785. The van der Waals surface area contributed by atoms with Gasteiger partial charge < -0.3 is 10.6 Å². The number of nitrogens with zero attached hydrogens (tertiary/aromatic N) is 1. The molecule has 2 heterocycles. The first kappa shape index (κ1) is 13.8. The molecule has 4 nitrogen and oxygen atoms in total. The van der Waals surface area contributed by atoms with Crippen LogP contribution in [0.1, 0.15) is 39.5 Å². The summed E-state index contributed by atoms with van der Waals surface area (Å²) in [5.74, 6) is 0.234. The Kier molecular flexibility index (Phi) is 4.62. The molecule has 0 aliphatic carbocycles. The molecule has 18 heavy (non-hydrogen) atoms. The smallest absolute Gasteiger partial charge is 0.227 e. The van der Waals surface area contributed by atoms with E-state index in [9.17, 15) is 4.79 Å². The first-order chi connectivity index (χ1) is 8.65. The molecule has 1 amide bonds. The van der Waals surface area contributed by atoms with Crippen LogP contribution in [-0.2, 0) is 4.79 Å². The number of nitrogens with one attached hydrogen (secondary N) is 2. The maximum atomic E-state index is 12.3. The van der Waals surface area contributed by atoms with Crippen molar-refractivity contribution in [2.24, 2.45) is 5.41 Å². The lowest BCUT2D eigenvalue weighted by molar-refractivity contribution is -0.131. The second-order valence-corrected chi connectivity index (χ2v) is 5.98. The average molecular weight is 253 g/mol. The minimum Gasteiger partial charge on any atom is -0.354 e. The molecule has 0 radical (unpaired) electrons. The standard InChI is InChI=1S/C14H27N3O/c1-3-17-9-4-6-12(17)10-16-13(18)14(2)7-5-8-15-11-14/h12,15H,3-11H2,1-2H3,(H,16,18). The maximum Gasteiger partial charge on any atom is 0.227 e. The summed E-state index contributed by atoms with van der Waals surface area (Å²) in [5.41, 5.74) is -0.200. The Morgan fingerprint density at radius 3 is 3.00 bits per heavy atom. The number of carbonyl (C=O) groups is 1. The van der Waals surface area contributed by atoms with E-state index in [2.05, 4.69) is 29.4 Å². The number of hydrogen-bond donors (Lipinski definition) is 2. The topological polar surface area (TPSA) is 44.4 Å². The number of rotatable bonds is 4. The van der Waals surface area contributed by atoms with Crippen molar-refractivity contribution in [3.05, 3.63) is 0 Å². The van der Waals surface area contributed by atoms with Crippen molar-refractivity contribution in [3.63, 3.8) is 0 Å². The highest BCUT2D eigenvalue weighted by Gasteiger charge is 2.35. The fourth-order valence-electron chi connectivity index (χ4n) is 3.22. The minimum absolute atomic E-state index is 0.200. The summed E-state index contributed by atoms with van der Waals surface area (Å²) in [4.78, 5) is 14.8. The van der Waals surface area contributed by atoms with Gasteiger partial charge in [-0.3, -0.25) is 9.69 Å². The number of amides is 1. The molecule has 0 saturated carbocycles. The highest BCUT2D eigenvalue weighted by atomic mass is 16.2. The van der Waals surface area contributed by atoms with Gasteiger partial charge in [0, 0.05) is 19.1 Å². The Hall–Kier alpha value is -0.610. The summed E-state index contributed by atoms with van der Waals surface area (Å²) in [5, 5.41) is 6.51. The molecule has 0 aromatic carbocycles. The lowest BCUT2D eigenvalue weighted by Gasteiger charge is -2.33. The SMILES string of the molecule is CCN1CCCC1CNC(=O)C1(C)CCCNC1. The molecule has 0 spiro atoms. The number of likely N-dealkylation sites (tertiary alicyclic amines) is 1. The van der Waals surface area contributed by atoms with Gasteiger partial charge in [0.15, 0.2) is 0 Å². The van der Waals surface area contributed by atoms with Crippen LogP contribution < -0.4 is 10.6 Å². The molecule has 2 aliphatic rings. The zero-order chi connectivity index (χ0) is 13.0. The van der Waals surface area contributed by atoms with Crippen LogP contribution in [0.25, 0.3) is 0 Å². The molecule has 2 saturated heterocycles. The van der Waals surface area contributed by atoms with Gasteiger partial charge in [0.05, 0.1) is 5.41 Å². The predicted molar refractivity (Wildman–Crippen MR) is 73.5 cm³/mol. The van der Waals surface area contributed by atoms with E-state index < -0.39 is 0 Å². The van der Waals surface area contributed by atoms with Crippen LogP contribution in [0, 0.1) is 5.41 Å². The normalized spacial score (nSPS) is 33.6. The van der Waals surface area contributed by atoms with E-state index in [1.165, 1.54) is 19.4 Å². The van der Waals surface area contributed by atoms with Crippen molar-refractivity contribution in [2.45, 2.75) is 45.6 Å². The summed E-state index contributed by atoms with van der Waals surface area (Å²) in [6.07, 6.45) is 4.61. The largest absolute Gasteiger partial charge is 0.354 e. The van der Waals surface area contributed by atoms with Crippen LogP contribution in [0.5, 0.6) is 0 Å². The van der Waals surface area contributed by atoms with Crippen molar-refractivity contribution in [2.75, 3.05) is 32.7 Å². The van der Waals surface area contributed by atoms with Crippen LogP contribution in [0.2, 0.25) is 0 Å². The predicted octanol–water partition coefficient (Wildman–Crippen LogP) is 0.977. The molecular weight excluding hydrogens is 226 g/mol. The zero-order valence-electron chi connectivity index (χ0n) is 11.8. The molecule has 0 aromatic rings. The van der Waals surface area contributed by atoms with Crippen molar-refractivity contribution in [1.82, 2.24) is 15.5 Å². The fourth-order valence-corrected chi connectivity index (χ4v) is 3.22. The summed E-state index contributed by atoms with van der Waals surface area (Å²) in [6.45, 7) is 9.26. The van der Waals surface area contributed by atoms with Crippen molar-refractivity contribution in [1.29, 1.82) is 0 Å². The van der Waals surface area contributed by atoms with Gasteiger partial charge in [0.2, 0.25) is 5.91 Å². The fraction of sp³-hybridized carbons (Fsp3) is 0.929. The van der Waals surface area contributed by atoms with Crippen molar-refractivity contribution < 1.29 is 4.79 Å². The number of carbonyl (C=O) groups excluding carboxylic acids is 1. The van der Waals surface area contributed by atoms with Crippen LogP contribution >= 0.6 is 0 Å². The minimum atomic E-state index is -0.200. The van der Waals surface area contributed by atoms with Gasteiger partial charge in [-0.2, -0.15) is 0 Å². The molecule has 104 valence electrons. The third-order valence-electron chi connectivity index (χ3n) is 4.55. The molecular formula is C14H27N3O. The second kappa shape index (κ2) is 6.02. The van der Waals surface area contributed by atoms with Gasteiger partial charge >= 0.3 is 0 Å². The third kappa shape index (κ3) is 3.04. The van der Waals surface area contributed by atoms with Crippen LogP contribution in [0.4, 0.5) is 0 Å².